The summed E-state index contributed by atoms with van der Waals surface area (Å²) >= 11 is 0. The van der Waals surface area contributed by atoms with Gasteiger partial charge in [-0.05, 0) is 176 Å². The lowest BCUT2D eigenvalue weighted by Crippen LogP contribution is -2.32. The van der Waals surface area contributed by atoms with E-state index in [1.54, 1.807) is 7.11 Å². The first-order chi connectivity index (χ1) is 45.9. The zero-order valence-corrected chi connectivity index (χ0v) is 59.8. The average molecular weight is 1300 g/mol. The Labute approximate surface area is 574 Å². The minimum absolute atomic E-state index is 0.253. The molecule has 11 rings (SSSR count). The van der Waals surface area contributed by atoms with Crippen molar-refractivity contribution in [1.82, 2.24) is 16.0 Å². The molecule has 10 aromatic carbocycles. The zero-order chi connectivity index (χ0) is 69.3. The second-order valence-corrected chi connectivity index (χ2v) is 31.0. The number of hydrogen-bond acceptors (Lipinski definition) is 7. The van der Waals surface area contributed by atoms with Gasteiger partial charge < -0.3 is 34.9 Å². The van der Waals surface area contributed by atoms with E-state index >= 15 is 0 Å². The molecule has 3 N–H and O–H groups in total. The Bertz CT molecular complexity index is 4390. The van der Waals surface area contributed by atoms with Crippen molar-refractivity contribution in [3.63, 3.8) is 0 Å². The maximum Gasteiger partial charge on any atom is 0.258 e. The Hall–Kier alpha value is -9.41. The van der Waals surface area contributed by atoms with Crippen molar-refractivity contribution in [2.75, 3.05) is 26.9 Å². The highest BCUT2D eigenvalue weighted by Gasteiger charge is 2.31. The summed E-state index contributed by atoms with van der Waals surface area (Å²) in [5, 5.41) is 16.5. The fourth-order valence-electron chi connectivity index (χ4n) is 13.4. The number of hydrogen-bond donors (Lipinski definition) is 3. The number of methoxy groups -OCH3 is 1. The highest BCUT2D eigenvalue weighted by Crippen LogP contribution is 2.45. The fourth-order valence-corrected chi connectivity index (χ4v) is 13.4. The lowest BCUT2D eigenvalue weighted by atomic mass is 9.79. The second-order valence-electron chi connectivity index (χ2n) is 31.0. The Morgan fingerprint density at radius 2 is 0.536 bits per heavy atom. The van der Waals surface area contributed by atoms with E-state index in [2.05, 4.69) is 239 Å². The van der Waals surface area contributed by atoms with Crippen LogP contribution < -0.4 is 34.9 Å². The molecule has 0 fully saturated rings. The predicted molar refractivity (Wildman–Crippen MR) is 396 cm³/mol. The molecule has 0 spiro atoms. The zero-order valence-electron chi connectivity index (χ0n) is 59.8. The largest absolute Gasteiger partial charge is 0.496 e. The third-order valence-electron chi connectivity index (χ3n) is 19.2. The van der Waals surface area contributed by atoms with Gasteiger partial charge in [0.05, 0.1) is 25.2 Å². The summed E-state index contributed by atoms with van der Waals surface area (Å²) in [7, 11) is 1.74. The van der Waals surface area contributed by atoms with Gasteiger partial charge in [0, 0.05) is 25.7 Å². The first-order valence-electron chi connectivity index (χ1n) is 34.4. The van der Waals surface area contributed by atoms with E-state index in [1.165, 1.54) is 0 Å². The van der Waals surface area contributed by atoms with Crippen LogP contribution in [-0.4, -0.2) is 44.7 Å². The van der Waals surface area contributed by atoms with Crippen molar-refractivity contribution in [2.45, 2.75) is 169 Å². The van der Waals surface area contributed by atoms with Crippen LogP contribution in [0.3, 0.4) is 0 Å². The van der Waals surface area contributed by atoms with Gasteiger partial charge in [-0.1, -0.05) is 241 Å². The number of amides is 3. The van der Waals surface area contributed by atoms with Gasteiger partial charge in [-0.15, -0.1) is 0 Å². The van der Waals surface area contributed by atoms with Crippen molar-refractivity contribution in [1.29, 1.82) is 0 Å². The van der Waals surface area contributed by atoms with Gasteiger partial charge in [-0.3, -0.25) is 14.4 Å². The lowest BCUT2D eigenvalue weighted by molar-refractivity contribution is -0.124. The molecule has 0 heterocycles. The first kappa shape index (κ1) is 69.0. The molecule has 3 amide bonds. The molecule has 0 aliphatic heterocycles. The van der Waals surface area contributed by atoms with Gasteiger partial charge in [0.25, 0.3) is 17.7 Å². The van der Waals surface area contributed by atoms with Crippen LogP contribution in [0.15, 0.2) is 176 Å². The summed E-state index contributed by atoms with van der Waals surface area (Å²) in [5.41, 5.74) is 13.1. The molecule has 97 heavy (non-hydrogen) atoms. The van der Waals surface area contributed by atoms with Crippen molar-refractivity contribution in [3.05, 3.63) is 259 Å². The van der Waals surface area contributed by atoms with Crippen LogP contribution in [-0.2, 0) is 61.7 Å². The highest BCUT2D eigenvalue weighted by molar-refractivity contribution is 5.86. The molecule has 0 radical (unpaired) electrons. The molecule has 1 aliphatic rings. The molecule has 502 valence electrons. The Morgan fingerprint density at radius 3 is 0.753 bits per heavy atom. The Balaban J connectivity index is 1.08. The smallest absolute Gasteiger partial charge is 0.258 e. The number of carbonyl (C=O) groups is 3. The maximum atomic E-state index is 14.7. The van der Waals surface area contributed by atoms with Crippen molar-refractivity contribution in [3.8, 4) is 23.0 Å². The molecule has 8 bridgehead atoms. The quantitative estimate of drug-likeness (QED) is 0.0880. The number of ether oxygens (including phenoxy) is 4. The lowest BCUT2D eigenvalue weighted by Gasteiger charge is -2.29. The van der Waals surface area contributed by atoms with E-state index in [0.29, 0.717) is 42.9 Å². The summed E-state index contributed by atoms with van der Waals surface area (Å²) in [6, 6.07) is 60.6. The summed E-state index contributed by atoms with van der Waals surface area (Å²) in [4.78, 5) is 43.8. The minimum atomic E-state index is -0.366. The molecule has 0 unspecified atom stereocenters. The maximum absolute atomic E-state index is 14.7. The summed E-state index contributed by atoms with van der Waals surface area (Å²) in [6.07, 6.45) is 1.39. The second kappa shape index (κ2) is 28.0. The van der Waals surface area contributed by atoms with E-state index in [-0.39, 0.29) is 77.3 Å². The molecule has 10 heteroatoms. The topological polar surface area (TPSA) is 124 Å². The molecule has 1 aliphatic carbocycles. The third kappa shape index (κ3) is 16.2. The molecular weight excluding hydrogens is 1200 g/mol. The standard InChI is InChI=1S/C87H97N3O7/c1-53(59-32-29-56-23-17-20-26-62(56)35-59)88-77(91)50-95-81-67-38-65-42-73(84(4,5)6)43-66(80(65)94-16)39-68-45-75(86(10,11)12)47-70(82(68)96-51-78(92)89-54(2)60-33-30-57-24-18-21-27-63(57)36-60)41-72-49-76(87(13,14)15)48-71(40-69(81)46-74(44-67)85(7,8)9)83(72)97-52-79(93)90-55(3)61-34-31-58-25-19-22-28-64(58)37-61/h17-37,42-49,53-55H,38-41,50-52H2,1-16H3,(H,88,91)(H,89,92)(H,90,93)/t53-,54-,55-/m0/s1. The van der Waals surface area contributed by atoms with Gasteiger partial charge >= 0.3 is 0 Å². The van der Waals surface area contributed by atoms with Gasteiger partial charge in [-0.2, -0.15) is 0 Å². The molecule has 3 atom stereocenters. The summed E-state index contributed by atoms with van der Waals surface area (Å²) in [6.45, 7) is 31.9. The first-order valence-corrected chi connectivity index (χ1v) is 34.4. The Kier molecular flexibility index (Phi) is 19.9. The van der Waals surface area contributed by atoms with Crippen molar-refractivity contribution in [2.24, 2.45) is 0 Å². The minimum Gasteiger partial charge on any atom is -0.496 e. The normalized spacial score (nSPS) is 13.7. The molecular formula is C87H97N3O7. The number of nitrogens with one attached hydrogen (secondary N) is 3. The van der Waals surface area contributed by atoms with Crippen LogP contribution in [0, 0.1) is 0 Å². The van der Waals surface area contributed by atoms with E-state index in [4.69, 9.17) is 18.9 Å². The van der Waals surface area contributed by atoms with E-state index in [9.17, 15) is 14.4 Å². The SMILES string of the molecule is COc1c2cc(C(C)(C)C)cc1Cc1cc(C(C)(C)C)cc(c1OCC(=O)N[C@@H](C)c1ccc3ccccc3c1)Cc1cc(C(C)(C)C)cc(c1OCC(=O)N[C@@H](C)c1ccc3ccccc3c1)Cc1cc(C(C)(C)C)cc(c1OCC(=O)N[C@@H](C)c1ccc3ccccc3c1)C2. The van der Waals surface area contributed by atoms with Crippen LogP contribution in [0.4, 0.5) is 0 Å². The molecule has 0 saturated heterocycles. The van der Waals surface area contributed by atoms with Crippen molar-refractivity contribution < 1.29 is 33.3 Å². The fraction of sp³-hybridized carbons (Fsp3) is 0.345. The van der Waals surface area contributed by atoms with Gasteiger partial charge in [0.2, 0.25) is 0 Å². The summed E-state index contributed by atoms with van der Waals surface area (Å²) < 4.78 is 28.1. The number of rotatable bonds is 16. The third-order valence-corrected chi connectivity index (χ3v) is 19.2. The van der Waals surface area contributed by atoms with E-state index in [0.717, 1.165) is 122 Å². The highest BCUT2D eigenvalue weighted by atomic mass is 16.5. The molecule has 0 aromatic heterocycles. The Morgan fingerprint density at radius 1 is 0.320 bits per heavy atom. The van der Waals surface area contributed by atoms with Crippen molar-refractivity contribution >= 4 is 50.0 Å². The number of benzene rings is 10. The van der Waals surface area contributed by atoms with Crippen LogP contribution in [0.1, 0.15) is 205 Å². The van der Waals surface area contributed by atoms with Crippen LogP contribution >= 0.6 is 0 Å². The average Bonchev–Trinajstić information content (AvgIpc) is 0.767. The molecule has 0 saturated carbocycles. The van der Waals surface area contributed by atoms with E-state index in [1.807, 2.05) is 57.2 Å². The van der Waals surface area contributed by atoms with Gasteiger partial charge in [0.15, 0.2) is 19.8 Å². The van der Waals surface area contributed by atoms with E-state index < -0.39 is 0 Å². The number of carbonyl (C=O) groups excluding carboxylic acids is 3. The van der Waals surface area contributed by atoms with Crippen LogP contribution in [0.25, 0.3) is 32.3 Å². The predicted octanol–water partition coefficient (Wildman–Crippen LogP) is 18.8. The molecule has 10 nitrogen and oxygen atoms in total. The summed E-state index contributed by atoms with van der Waals surface area (Å²) in [5.74, 6) is 1.68. The van der Waals surface area contributed by atoms with Crippen LogP contribution in [0.2, 0.25) is 0 Å². The van der Waals surface area contributed by atoms with Gasteiger partial charge in [0.1, 0.15) is 23.0 Å². The van der Waals surface area contributed by atoms with Crippen LogP contribution in [0.5, 0.6) is 23.0 Å². The number of fused-ring (bicyclic) bond motifs is 11. The monoisotopic (exact) mass is 1300 g/mol. The van der Waals surface area contributed by atoms with Gasteiger partial charge in [-0.25, -0.2) is 0 Å². The molecule has 10 aromatic rings.